The Morgan fingerprint density at radius 3 is 2.39 bits per heavy atom. The first-order valence-electron chi connectivity index (χ1n) is 4.53. The van der Waals surface area contributed by atoms with Crippen LogP contribution >= 0.6 is 0 Å². The smallest absolute Gasteiger partial charge is 0.345 e. The van der Waals surface area contributed by atoms with Gasteiger partial charge in [-0.3, -0.25) is 20.2 Å². The van der Waals surface area contributed by atoms with E-state index >= 15 is 0 Å². The van der Waals surface area contributed by atoms with Gasteiger partial charge in [0, 0.05) is 6.07 Å². The van der Waals surface area contributed by atoms with Gasteiger partial charge in [0.2, 0.25) is 6.17 Å². The second-order valence-electron chi connectivity index (χ2n) is 3.14. The molecule has 0 saturated heterocycles. The molecule has 9 heteroatoms. The fourth-order valence-corrected chi connectivity index (χ4v) is 1.25. The zero-order chi connectivity index (χ0) is 13.9. The minimum absolute atomic E-state index is 0.567. The lowest BCUT2D eigenvalue weighted by molar-refractivity contribution is -0.394. The van der Waals surface area contributed by atoms with Gasteiger partial charge in [-0.05, 0) is 6.07 Å². The Hall–Kier alpha value is -2.58. The Kier molecular flexibility index (Phi) is 3.87. The highest BCUT2D eigenvalue weighted by Gasteiger charge is 2.30. The van der Waals surface area contributed by atoms with Crippen molar-refractivity contribution in [2.45, 2.75) is 6.17 Å². The molecule has 8 nitrogen and oxygen atoms in total. The third-order valence-electron chi connectivity index (χ3n) is 2.10. The van der Waals surface area contributed by atoms with Crippen molar-refractivity contribution in [3.63, 3.8) is 0 Å². The highest BCUT2D eigenvalue weighted by Crippen LogP contribution is 2.31. The average molecular weight is 258 g/mol. The summed E-state index contributed by atoms with van der Waals surface area (Å²) in [4.78, 5) is 30.2. The highest BCUT2D eigenvalue weighted by atomic mass is 19.1. The van der Waals surface area contributed by atoms with Crippen LogP contribution in [-0.4, -0.2) is 22.9 Å². The van der Waals surface area contributed by atoms with Crippen molar-refractivity contribution in [2.75, 3.05) is 7.11 Å². The van der Waals surface area contributed by atoms with Gasteiger partial charge in [-0.15, -0.1) is 0 Å². The van der Waals surface area contributed by atoms with Crippen LogP contribution in [0.25, 0.3) is 0 Å². The molecule has 0 aromatic heterocycles. The minimum Gasteiger partial charge on any atom is -0.467 e. The molecule has 0 N–H and O–H groups in total. The van der Waals surface area contributed by atoms with Gasteiger partial charge in [0.25, 0.3) is 11.4 Å². The van der Waals surface area contributed by atoms with Crippen molar-refractivity contribution >= 4 is 17.3 Å². The average Bonchev–Trinajstić information content (AvgIpc) is 2.35. The van der Waals surface area contributed by atoms with Gasteiger partial charge in [-0.1, -0.05) is 0 Å². The van der Waals surface area contributed by atoms with Crippen LogP contribution in [-0.2, 0) is 9.53 Å². The Morgan fingerprint density at radius 1 is 1.33 bits per heavy atom. The summed E-state index contributed by atoms with van der Waals surface area (Å²) in [5, 5.41) is 21.1. The molecule has 0 spiro atoms. The third-order valence-corrected chi connectivity index (χ3v) is 2.10. The van der Waals surface area contributed by atoms with Gasteiger partial charge < -0.3 is 4.74 Å². The number of methoxy groups -OCH3 is 1. The quantitative estimate of drug-likeness (QED) is 0.461. The summed E-state index contributed by atoms with van der Waals surface area (Å²) in [7, 11) is 0.923. The second-order valence-corrected chi connectivity index (χ2v) is 3.14. The summed E-state index contributed by atoms with van der Waals surface area (Å²) in [6.45, 7) is 0. The summed E-state index contributed by atoms with van der Waals surface area (Å²) in [5.41, 5.74) is -2.00. The van der Waals surface area contributed by atoms with E-state index in [4.69, 9.17) is 0 Å². The fourth-order valence-electron chi connectivity index (χ4n) is 1.25. The molecule has 0 aliphatic carbocycles. The number of nitro benzene ring substituents is 2. The summed E-state index contributed by atoms with van der Waals surface area (Å²) < 4.78 is 17.6. The summed E-state index contributed by atoms with van der Waals surface area (Å²) in [6.07, 6.45) is -2.36. The molecule has 0 bridgehead atoms. The van der Waals surface area contributed by atoms with E-state index in [0.717, 1.165) is 19.2 Å². The van der Waals surface area contributed by atoms with Gasteiger partial charge in [0.15, 0.2) is 0 Å². The number of benzene rings is 1. The van der Waals surface area contributed by atoms with Crippen molar-refractivity contribution in [3.8, 4) is 0 Å². The van der Waals surface area contributed by atoms with Crippen molar-refractivity contribution < 1.29 is 23.8 Å². The van der Waals surface area contributed by atoms with Crippen LogP contribution in [0.3, 0.4) is 0 Å². The number of hydrogen-bond donors (Lipinski definition) is 0. The first-order valence-corrected chi connectivity index (χ1v) is 4.53. The maximum Gasteiger partial charge on any atom is 0.345 e. The first-order chi connectivity index (χ1) is 8.38. The number of halogens is 1. The topological polar surface area (TPSA) is 113 Å². The molecule has 0 fully saturated rings. The number of ether oxygens (including phenoxy) is 1. The molecule has 1 aromatic carbocycles. The van der Waals surface area contributed by atoms with E-state index in [2.05, 4.69) is 4.74 Å². The van der Waals surface area contributed by atoms with Crippen LogP contribution in [0, 0.1) is 20.2 Å². The molecule has 1 rings (SSSR count). The Labute approximate surface area is 99.3 Å². The van der Waals surface area contributed by atoms with E-state index in [1.807, 2.05) is 0 Å². The summed E-state index contributed by atoms with van der Waals surface area (Å²) >= 11 is 0. The molecule has 0 aliphatic rings. The Balaban J connectivity index is 3.32. The molecule has 0 unspecified atom stereocenters. The largest absolute Gasteiger partial charge is 0.467 e. The van der Waals surface area contributed by atoms with Gasteiger partial charge >= 0.3 is 5.97 Å². The van der Waals surface area contributed by atoms with Crippen LogP contribution in [0.5, 0.6) is 0 Å². The predicted molar refractivity (Wildman–Crippen MR) is 55.6 cm³/mol. The SMILES string of the molecule is COC(=O)[C@H](F)c1ccc([N+](=O)[O-])cc1[N+](=O)[O-]. The first kappa shape index (κ1) is 13.5. The lowest BCUT2D eigenvalue weighted by Crippen LogP contribution is -2.11. The Morgan fingerprint density at radius 2 is 1.94 bits per heavy atom. The van der Waals surface area contributed by atoms with E-state index in [1.54, 1.807) is 0 Å². The lowest BCUT2D eigenvalue weighted by Gasteiger charge is -2.06. The number of rotatable bonds is 4. The molecule has 1 atom stereocenters. The van der Waals surface area contributed by atoms with E-state index in [0.29, 0.717) is 6.07 Å². The maximum absolute atomic E-state index is 13.5. The van der Waals surface area contributed by atoms with Crippen molar-refractivity contribution in [2.24, 2.45) is 0 Å². The monoisotopic (exact) mass is 258 g/mol. The number of alkyl halides is 1. The zero-order valence-electron chi connectivity index (χ0n) is 9.03. The van der Waals surface area contributed by atoms with Crippen molar-refractivity contribution in [3.05, 3.63) is 44.0 Å². The summed E-state index contributed by atoms with van der Waals surface area (Å²) in [5.74, 6) is -1.31. The van der Waals surface area contributed by atoms with Crippen LogP contribution < -0.4 is 0 Å². The van der Waals surface area contributed by atoms with Crippen molar-refractivity contribution in [1.29, 1.82) is 0 Å². The third kappa shape index (κ3) is 2.56. The van der Waals surface area contributed by atoms with Gasteiger partial charge in [0.1, 0.15) is 0 Å². The molecular weight excluding hydrogens is 251 g/mol. The number of carbonyl (C=O) groups is 1. The molecule has 18 heavy (non-hydrogen) atoms. The van der Waals surface area contributed by atoms with Gasteiger partial charge in [0.05, 0.1) is 28.6 Å². The second kappa shape index (κ2) is 5.17. The van der Waals surface area contributed by atoms with Crippen LogP contribution in [0.2, 0.25) is 0 Å². The standard InChI is InChI=1S/C9H7FN2O6/c1-18-9(13)8(10)6-3-2-5(11(14)15)4-7(6)12(16)17/h2-4,8H,1H3/t8-/m1/s1. The number of esters is 1. The summed E-state index contributed by atoms with van der Waals surface area (Å²) in [6, 6.07) is 2.28. The number of nitrogens with zero attached hydrogens (tertiary/aromatic N) is 2. The molecule has 0 aliphatic heterocycles. The maximum atomic E-state index is 13.5. The number of non-ortho nitro benzene ring substituents is 1. The molecule has 96 valence electrons. The number of carbonyl (C=O) groups excluding carboxylic acids is 1. The molecule has 0 amide bonds. The Bertz CT molecular complexity index is 518. The molecule has 0 radical (unpaired) electrons. The van der Waals surface area contributed by atoms with E-state index in [1.165, 1.54) is 0 Å². The van der Waals surface area contributed by atoms with Gasteiger partial charge in [-0.25, -0.2) is 9.18 Å². The molecule has 0 saturated carbocycles. The zero-order valence-corrected chi connectivity index (χ0v) is 9.03. The van der Waals surface area contributed by atoms with Crippen LogP contribution in [0.4, 0.5) is 15.8 Å². The van der Waals surface area contributed by atoms with Crippen LogP contribution in [0.1, 0.15) is 11.7 Å². The van der Waals surface area contributed by atoms with Crippen molar-refractivity contribution in [1.82, 2.24) is 0 Å². The normalized spacial score (nSPS) is 11.7. The lowest BCUT2D eigenvalue weighted by atomic mass is 10.1. The predicted octanol–water partition coefficient (Wildman–Crippen LogP) is 1.69. The molecule has 1 aromatic rings. The van der Waals surface area contributed by atoms with Gasteiger partial charge in [-0.2, -0.15) is 0 Å². The molecular formula is C9H7FN2O6. The van der Waals surface area contributed by atoms with Crippen LogP contribution in [0.15, 0.2) is 18.2 Å². The number of hydrogen-bond acceptors (Lipinski definition) is 6. The highest BCUT2D eigenvalue weighted by molar-refractivity contribution is 5.78. The van der Waals surface area contributed by atoms with E-state index < -0.39 is 38.9 Å². The fraction of sp³-hybridized carbons (Fsp3) is 0.222. The van der Waals surface area contributed by atoms with E-state index in [9.17, 15) is 29.4 Å². The minimum atomic E-state index is -2.36. The number of nitro groups is 2. The van der Waals surface area contributed by atoms with E-state index in [-0.39, 0.29) is 0 Å². The molecule has 0 heterocycles.